The van der Waals surface area contributed by atoms with E-state index in [1.54, 1.807) is 7.11 Å². The van der Waals surface area contributed by atoms with Crippen molar-refractivity contribution in [1.82, 2.24) is 0 Å². The molecule has 0 atom stereocenters. The summed E-state index contributed by atoms with van der Waals surface area (Å²) in [7, 11) is 1.77. The number of unbranched alkanes of at least 4 members (excludes halogenated alkanes) is 1. The molecule has 2 N–H and O–H groups in total. The molecule has 1 aromatic carbocycles. The predicted octanol–water partition coefficient (Wildman–Crippen LogP) is 2.94. The van der Waals surface area contributed by atoms with Crippen molar-refractivity contribution in [3.05, 3.63) is 35.4 Å². The Morgan fingerprint density at radius 1 is 1.12 bits per heavy atom. The molecule has 0 heterocycles. The fraction of sp³-hybridized carbons (Fsp3) is 0.600. The van der Waals surface area contributed by atoms with Crippen LogP contribution in [0.1, 0.15) is 37.8 Å². The van der Waals surface area contributed by atoms with Gasteiger partial charge >= 0.3 is 0 Å². The quantitative estimate of drug-likeness (QED) is 0.737. The Morgan fingerprint density at radius 3 is 2.35 bits per heavy atom. The third kappa shape index (κ3) is 4.88. The summed E-state index contributed by atoms with van der Waals surface area (Å²) in [5, 5.41) is 0. The minimum atomic E-state index is -0.0933. The van der Waals surface area contributed by atoms with E-state index in [-0.39, 0.29) is 5.60 Å². The van der Waals surface area contributed by atoms with Gasteiger partial charge in [-0.3, -0.25) is 0 Å². The van der Waals surface area contributed by atoms with E-state index in [9.17, 15) is 0 Å². The SMILES string of the molecule is COC(C)(C)Cc1ccccc1CCCCN. The van der Waals surface area contributed by atoms with Gasteiger partial charge in [0.2, 0.25) is 0 Å². The molecule has 0 radical (unpaired) electrons. The van der Waals surface area contributed by atoms with Crippen LogP contribution in [-0.4, -0.2) is 19.3 Å². The van der Waals surface area contributed by atoms with E-state index >= 15 is 0 Å². The standard InChI is InChI=1S/C15H25NO/c1-15(2,17-3)12-14-10-5-4-8-13(14)9-6-7-11-16/h4-5,8,10H,6-7,9,11-12,16H2,1-3H3. The Morgan fingerprint density at radius 2 is 1.76 bits per heavy atom. The van der Waals surface area contributed by atoms with Crippen LogP contribution in [0.3, 0.4) is 0 Å². The summed E-state index contributed by atoms with van der Waals surface area (Å²) in [6, 6.07) is 8.64. The Bertz CT molecular complexity index is 333. The van der Waals surface area contributed by atoms with Gasteiger partial charge in [0.05, 0.1) is 5.60 Å². The lowest BCUT2D eigenvalue weighted by Gasteiger charge is -2.24. The highest BCUT2D eigenvalue weighted by molar-refractivity contribution is 5.28. The molecule has 0 saturated carbocycles. The molecular weight excluding hydrogens is 210 g/mol. The molecule has 2 nitrogen and oxygen atoms in total. The zero-order valence-electron chi connectivity index (χ0n) is 11.3. The summed E-state index contributed by atoms with van der Waals surface area (Å²) in [6.45, 7) is 5.04. The first-order valence-corrected chi connectivity index (χ1v) is 6.41. The summed E-state index contributed by atoms with van der Waals surface area (Å²) in [5.74, 6) is 0. The number of hydrogen-bond donors (Lipinski definition) is 1. The van der Waals surface area contributed by atoms with Gasteiger partial charge in [0.25, 0.3) is 0 Å². The molecular formula is C15H25NO. The van der Waals surface area contributed by atoms with Crippen LogP contribution in [0.5, 0.6) is 0 Å². The van der Waals surface area contributed by atoms with E-state index in [1.165, 1.54) is 17.5 Å². The van der Waals surface area contributed by atoms with E-state index in [2.05, 4.69) is 38.1 Å². The summed E-state index contributed by atoms with van der Waals surface area (Å²) < 4.78 is 5.50. The molecule has 0 aliphatic heterocycles. The zero-order valence-corrected chi connectivity index (χ0v) is 11.3. The number of benzene rings is 1. The topological polar surface area (TPSA) is 35.2 Å². The highest BCUT2D eigenvalue weighted by Gasteiger charge is 2.18. The molecule has 17 heavy (non-hydrogen) atoms. The second-order valence-corrected chi connectivity index (χ2v) is 5.16. The normalized spacial score (nSPS) is 11.8. The number of methoxy groups -OCH3 is 1. The minimum Gasteiger partial charge on any atom is -0.378 e. The van der Waals surface area contributed by atoms with Gasteiger partial charge in [-0.1, -0.05) is 24.3 Å². The summed E-state index contributed by atoms with van der Waals surface area (Å²) in [5.41, 5.74) is 8.28. The Kier molecular flexibility index (Phi) is 5.66. The average Bonchev–Trinajstić information content (AvgIpc) is 2.31. The van der Waals surface area contributed by atoms with Gasteiger partial charge in [0.1, 0.15) is 0 Å². The maximum absolute atomic E-state index is 5.53. The minimum absolute atomic E-state index is 0.0933. The Hall–Kier alpha value is -0.860. The van der Waals surface area contributed by atoms with Crippen molar-refractivity contribution in [2.24, 2.45) is 5.73 Å². The fourth-order valence-corrected chi connectivity index (χ4v) is 1.96. The number of aryl methyl sites for hydroxylation is 1. The lowest BCUT2D eigenvalue weighted by Crippen LogP contribution is -2.26. The molecule has 0 fully saturated rings. The van der Waals surface area contributed by atoms with Crippen LogP contribution in [0, 0.1) is 0 Å². The second kappa shape index (κ2) is 6.77. The van der Waals surface area contributed by atoms with Crippen molar-refractivity contribution < 1.29 is 4.74 Å². The molecule has 0 unspecified atom stereocenters. The third-order valence-electron chi connectivity index (χ3n) is 3.19. The van der Waals surface area contributed by atoms with Crippen molar-refractivity contribution in [2.75, 3.05) is 13.7 Å². The molecule has 2 heteroatoms. The molecule has 0 aliphatic carbocycles. The first-order chi connectivity index (χ1) is 8.09. The highest BCUT2D eigenvalue weighted by atomic mass is 16.5. The Labute approximate surface area is 105 Å². The number of hydrogen-bond acceptors (Lipinski definition) is 2. The second-order valence-electron chi connectivity index (χ2n) is 5.16. The average molecular weight is 235 g/mol. The van der Waals surface area contributed by atoms with Gasteiger partial charge in [-0.15, -0.1) is 0 Å². The van der Waals surface area contributed by atoms with Crippen molar-refractivity contribution in [2.45, 2.75) is 45.1 Å². The first kappa shape index (κ1) is 14.2. The van der Waals surface area contributed by atoms with Gasteiger partial charge in [-0.25, -0.2) is 0 Å². The number of ether oxygens (including phenoxy) is 1. The largest absolute Gasteiger partial charge is 0.378 e. The maximum Gasteiger partial charge on any atom is 0.0663 e. The smallest absolute Gasteiger partial charge is 0.0663 e. The van der Waals surface area contributed by atoms with E-state index in [4.69, 9.17) is 10.5 Å². The van der Waals surface area contributed by atoms with Gasteiger partial charge in [-0.2, -0.15) is 0 Å². The maximum atomic E-state index is 5.53. The lowest BCUT2D eigenvalue weighted by atomic mass is 9.92. The van der Waals surface area contributed by atoms with E-state index < -0.39 is 0 Å². The van der Waals surface area contributed by atoms with Crippen LogP contribution in [0.25, 0.3) is 0 Å². The molecule has 0 spiro atoms. The van der Waals surface area contributed by atoms with Gasteiger partial charge in [0.15, 0.2) is 0 Å². The molecule has 0 saturated heterocycles. The van der Waals surface area contributed by atoms with Crippen molar-refractivity contribution in [1.29, 1.82) is 0 Å². The van der Waals surface area contributed by atoms with E-state index in [0.717, 1.165) is 25.8 Å². The summed E-state index contributed by atoms with van der Waals surface area (Å²) in [6.07, 6.45) is 4.35. The summed E-state index contributed by atoms with van der Waals surface area (Å²) in [4.78, 5) is 0. The van der Waals surface area contributed by atoms with Crippen molar-refractivity contribution in [3.8, 4) is 0 Å². The van der Waals surface area contributed by atoms with E-state index in [0.29, 0.717) is 0 Å². The molecule has 0 bridgehead atoms. The first-order valence-electron chi connectivity index (χ1n) is 6.41. The molecule has 1 aromatic rings. The van der Waals surface area contributed by atoms with Crippen LogP contribution >= 0.6 is 0 Å². The van der Waals surface area contributed by atoms with Crippen LogP contribution in [0.2, 0.25) is 0 Å². The highest BCUT2D eigenvalue weighted by Crippen LogP contribution is 2.20. The van der Waals surface area contributed by atoms with Crippen LogP contribution in [0.4, 0.5) is 0 Å². The zero-order chi connectivity index (χ0) is 12.7. The van der Waals surface area contributed by atoms with Crippen molar-refractivity contribution in [3.63, 3.8) is 0 Å². The predicted molar refractivity (Wildman–Crippen MR) is 73.2 cm³/mol. The van der Waals surface area contributed by atoms with Crippen LogP contribution in [0.15, 0.2) is 24.3 Å². The molecule has 0 amide bonds. The molecule has 0 aliphatic rings. The van der Waals surface area contributed by atoms with E-state index in [1.807, 2.05) is 0 Å². The van der Waals surface area contributed by atoms with Gasteiger partial charge in [0, 0.05) is 13.5 Å². The molecule has 1 rings (SSSR count). The number of nitrogens with two attached hydrogens (primary N) is 1. The van der Waals surface area contributed by atoms with Crippen molar-refractivity contribution >= 4 is 0 Å². The third-order valence-corrected chi connectivity index (χ3v) is 3.19. The Balaban J connectivity index is 2.70. The molecule has 96 valence electrons. The molecule has 0 aromatic heterocycles. The van der Waals surface area contributed by atoms with Crippen LogP contribution < -0.4 is 5.73 Å². The lowest BCUT2D eigenvalue weighted by molar-refractivity contribution is 0.0230. The fourth-order valence-electron chi connectivity index (χ4n) is 1.96. The monoisotopic (exact) mass is 235 g/mol. The van der Waals surface area contributed by atoms with Crippen LogP contribution in [-0.2, 0) is 17.6 Å². The van der Waals surface area contributed by atoms with Gasteiger partial charge < -0.3 is 10.5 Å². The number of rotatable bonds is 7. The van der Waals surface area contributed by atoms with Gasteiger partial charge in [-0.05, 0) is 50.8 Å². The summed E-state index contributed by atoms with van der Waals surface area (Å²) >= 11 is 0.